The summed E-state index contributed by atoms with van der Waals surface area (Å²) in [5.41, 5.74) is 6.68. The average Bonchev–Trinajstić information content (AvgIpc) is 2.58. The van der Waals surface area contributed by atoms with Crippen LogP contribution >= 0.6 is 11.3 Å². The van der Waals surface area contributed by atoms with Crippen LogP contribution in [-0.4, -0.2) is 11.1 Å². The van der Waals surface area contributed by atoms with Crippen LogP contribution in [0.3, 0.4) is 0 Å². The largest absolute Gasteiger partial charge is 0.329 e. The minimum absolute atomic E-state index is 0.591. The van der Waals surface area contributed by atoms with Crippen LogP contribution in [0.1, 0.15) is 0 Å². The van der Waals surface area contributed by atoms with Gasteiger partial charge >= 0.3 is 0 Å². The summed E-state index contributed by atoms with van der Waals surface area (Å²) < 4.78 is 3.23. The van der Waals surface area contributed by atoms with E-state index in [0.717, 1.165) is 16.9 Å². The summed E-state index contributed by atoms with van der Waals surface area (Å²) in [5.74, 6) is 5.32. The van der Waals surface area contributed by atoms with Gasteiger partial charge in [0.05, 0.1) is 10.2 Å². The third kappa shape index (κ3) is 1.40. The number of para-hydroxylation sites is 1. The van der Waals surface area contributed by atoms with Gasteiger partial charge in [0.2, 0.25) is 4.80 Å². The number of nitrogens with zero attached hydrogens (tertiary/aromatic N) is 2. The van der Waals surface area contributed by atoms with E-state index in [-0.39, 0.29) is 0 Å². The molecule has 1 aromatic heterocycles. The van der Waals surface area contributed by atoms with Gasteiger partial charge in [0, 0.05) is 13.1 Å². The predicted octanol–water partition coefficient (Wildman–Crippen LogP) is 0.436. The number of thiazole rings is 1. The number of rotatable bonds is 2. The molecule has 0 amide bonds. The predicted molar refractivity (Wildman–Crippen MR) is 58.6 cm³/mol. The second kappa shape index (κ2) is 3.81. The van der Waals surface area contributed by atoms with Crippen LogP contribution < -0.4 is 16.4 Å². The molecular formula is C9H12N4S. The van der Waals surface area contributed by atoms with Crippen molar-refractivity contribution in [3.8, 4) is 0 Å². The molecule has 0 atom stereocenters. The minimum atomic E-state index is 0.591. The zero-order valence-electron chi connectivity index (χ0n) is 7.68. The third-order valence-electron chi connectivity index (χ3n) is 2.05. The van der Waals surface area contributed by atoms with Gasteiger partial charge in [-0.25, -0.2) is 0 Å². The highest BCUT2D eigenvalue weighted by atomic mass is 32.1. The molecule has 2 aromatic rings. The van der Waals surface area contributed by atoms with Gasteiger partial charge in [-0.3, -0.25) is 0 Å². The van der Waals surface area contributed by atoms with Crippen LogP contribution in [0.25, 0.3) is 10.2 Å². The number of benzene rings is 1. The van der Waals surface area contributed by atoms with Gasteiger partial charge in [-0.15, -0.1) is 0 Å². The lowest BCUT2D eigenvalue weighted by atomic mass is 10.3. The number of hydrogen-bond acceptors (Lipinski definition) is 4. The molecule has 4 nitrogen and oxygen atoms in total. The standard InChI is InChI=1S/C9H12N4S/c10-5-6-13-7-3-1-2-4-8(7)14-9(13)12-11/h1-4H,5-6,10-11H2. The number of aromatic nitrogens is 1. The Morgan fingerprint density at radius 2 is 2.14 bits per heavy atom. The van der Waals surface area contributed by atoms with Crippen LogP contribution in [0.2, 0.25) is 0 Å². The van der Waals surface area contributed by atoms with Crippen LogP contribution in [-0.2, 0) is 6.54 Å². The second-order valence-electron chi connectivity index (χ2n) is 2.92. The number of fused-ring (bicyclic) bond motifs is 1. The Labute approximate surface area is 85.5 Å². The fourth-order valence-electron chi connectivity index (χ4n) is 1.46. The first-order valence-corrected chi connectivity index (χ1v) is 5.21. The second-order valence-corrected chi connectivity index (χ2v) is 3.93. The summed E-state index contributed by atoms with van der Waals surface area (Å²) in [4.78, 5) is 0.816. The number of nitrogens with two attached hydrogens (primary N) is 2. The van der Waals surface area contributed by atoms with E-state index in [0.29, 0.717) is 6.54 Å². The molecule has 1 aromatic carbocycles. The van der Waals surface area contributed by atoms with Crippen molar-refractivity contribution in [2.45, 2.75) is 6.54 Å². The molecule has 5 heteroatoms. The van der Waals surface area contributed by atoms with E-state index < -0.39 is 0 Å². The Hall–Kier alpha value is -1.33. The molecular weight excluding hydrogens is 196 g/mol. The molecule has 4 N–H and O–H groups in total. The van der Waals surface area contributed by atoms with Gasteiger partial charge in [-0.2, -0.15) is 5.10 Å². The van der Waals surface area contributed by atoms with E-state index in [1.165, 1.54) is 4.70 Å². The van der Waals surface area contributed by atoms with E-state index in [4.69, 9.17) is 11.6 Å². The van der Waals surface area contributed by atoms with Crippen molar-refractivity contribution in [2.75, 3.05) is 6.54 Å². The Bertz CT molecular complexity index is 497. The number of hydrogen-bond donors (Lipinski definition) is 2. The van der Waals surface area contributed by atoms with Crippen molar-refractivity contribution >= 4 is 21.6 Å². The highest BCUT2D eigenvalue weighted by molar-refractivity contribution is 7.16. The van der Waals surface area contributed by atoms with Gasteiger partial charge in [-0.05, 0) is 12.1 Å². The van der Waals surface area contributed by atoms with Crippen molar-refractivity contribution in [1.29, 1.82) is 0 Å². The Kier molecular flexibility index (Phi) is 2.51. The van der Waals surface area contributed by atoms with Crippen molar-refractivity contribution in [3.05, 3.63) is 29.1 Å². The zero-order chi connectivity index (χ0) is 9.97. The molecule has 0 radical (unpaired) electrons. The van der Waals surface area contributed by atoms with Crippen molar-refractivity contribution < 1.29 is 0 Å². The van der Waals surface area contributed by atoms with Crippen molar-refractivity contribution in [3.63, 3.8) is 0 Å². The topological polar surface area (TPSA) is 69.3 Å². The minimum Gasteiger partial charge on any atom is -0.329 e. The summed E-state index contributed by atoms with van der Waals surface area (Å²) in [6, 6.07) is 8.12. The quantitative estimate of drug-likeness (QED) is 0.555. The molecule has 2 rings (SSSR count). The summed E-state index contributed by atoms with van der Waals surface area (Å²) in [6.45, 7) is 1.34. The van der Waals surface area contributed by atoms with Crippen LogP contribution in [0, 0.1) is 0 Å². The average molecular weight is 208 g/mol. The summed E-state index contributed by atoms with van der Waals surface area (Å²) in [7, 11) is 0. The molecule has 74 valence electrons. The highest BCUT2D eigenvalue weighted by Crippen LogP contribution is 2.15. The monoisotopic (exact) mass is 208 g/mol. The fourth-order valence-corrected chi connectivity index (χ4v) is 2.44. The van der Waals surface area contributed by atoms with Gasteiger partial charge < -0.3 is 16.1 Å². The molecule has 0 fully saturated rings. The van der Waals surface area contributed by atoms with Crippen LogP contribution in [0.4, 0.5) is 0 Å². The molecule has 0 saturated heterocycles. The normalized spacial score (nSPS) is 12.5. The fraction of sp³-hybridized carbons (Fsp3) is 0.222. The van der Waals surface area contributed by atoms with E-state index >= 15 is 0 Å². The molecule has 0 aliphatic heterocycles. The SMILES string of the molecule is NCCn1c(=NN)sc2ccccc21. The zero-order valence-corrected chi connectivity index (χ0v) is 8.50. The molecule has 0 spiro atoms. The molecule has 1 heterocycles. The van der Waals surface area contributed by atoms with E-state index in [9.17, 15) is 0 Å². The van der Waals surface area contributed by atoms with Gasteiger partial charge in [0.25, 0.3) is 0 Å². The Morgan fingerprint density at radius 3 is 2.86 bits per heavy atom. The summed E-state index contributed by atoms with van der Waals surface area (Å²) in [6.07, 6.45) is 0. The van der Waals surface area contributed by atoms with Crippen LogP contribution in [0.15, 0.2) is 29.4 Å². The maximum Gasteiger partial charge on any atom is 0.208 e. The van der Waals surface area contributed by atoms with E-state index in [2.05, 4.69) is 17.2 Å². The van der Waals surface area contributed by atoms with Crippen molar-refractivity contribution in [1.82, 2.24) is 4.57 Å². The molecule has 0 bridgehead atoms. The highest BCUT2D eigenvalue weighted by Gasteiger charge is 2.03. The molecule has 0 aliphatic carbocycles. The summed E-state index contributed by atoms with van der Waals surface area (Å²) in [5, 5.41) is 3.75. The Balaban J connectivity index is 2.75. The lowest BCUT2D eigenvalue weighted by molar-refractivity contribution is 0.705. The smallest absolute Gasteiger partial charge is 0.208 e. The first kappa shape index (κ1) is 9.23. The first-order chi connectivity index (χ1) is 6.86. The Morgan fingerprint density at radius 1 is 1.36 bits per heavy atom. The van der Waals surface area contributed by atoms with Gasteiger partial charge in [0.15, 0.2) is 0 Å². The van der Waals surface area contributed by atoms with E-state index in [1.54, 1.807) is 11.3 Å². The van der Waals surface area contributed by atoms with E-state index in [1.807, 2.05) is 16.7 Å². The molecule has 0 unspecified atom stereocenters. The molecule has 0 aliphatic rings. The van der Waals surface area contributed by atoms with Gasteiger partial charge in [-0.1, -0.05) is 23.5 Å². The first-order valence-electron chi connectivity index (χ1n) is 4.39. The lowest BCUT2D eigenvalue weighted by Crippen LogP contribution is -2.21. The lowest BCUT2D eigenvalue weighted by Gasteiger charge is -2.00. The van der Waals surface area contributed by atoms with Crippen molar-refractivity contribution in [2.24, 2.45) is 16.7 Å². The third-order valence-corrected chi connectivity index (χ3v) is 3.12. The summed E-state index contributed by atoms with van der Waals surface area (Å²) >= 11 is 1.58. The van der Waals surface area contributed by atoms with Gasteiger partial charge in [0.1, 0.15) is 0 Å². The maximum absolute atomic E-state index is 5.54. The van der Waals surface area contributed by atoms with Crippen LogP contribution in [0.5, 0.6) is 0 Å². The molecule has 0 saturated carbocycles. The maximum atomic E-state index is 5.54. The molecule has 14 heavy (non-hydrogen) atoms.